The molecule has 0 spiro atoms. The zero-order chi connectivity index (χ0) is 15.7. The maximum Gasteiger partial charge on any atom is 0.495 e. The molecule has 1 aliphatic heterocycles. The minimum Gasteiger partial charge on any atom is -0.399 e. The second kappa shape index (κ2) is 5.74. The van der Waals surface area contributed by atoms with Crippen LogP contribution in [0.2, 0.25) is 0 Å². The minimum atomic E-state index is -0.576. The Morgan fingerprint density at radius 3 is 1.95 bits per heavy atom. The number of benzene rings is 1. The fraction of sp³-hybridized carbons (Fsp3) is 0.600. The first kappa shape index (κ1) is 17.0. The van der Waals surface area contributed by atoms with Crippen molar-refractivity contribution in [3.05, 3.63) is 23.5 Å². The number of nitrogens with two attached hydrogens (primary N) is 1. The average Bonchev–Trinajstić information content (AvgIpc) is 2.55. The van der Waals surface area contributed by atoms with Crippen molar-refractivity contribution in [2.45, 2.75) is 59.7 Å². The highest BCUT2D eigenvalue weighted by Gasteiger charge is 2.52. The Kier molecular flexibility index (Phi) is 4.88. The maximum atomic E-state index is 13.5. The summed E-state index contributed by atoms with van der Waals surface area (Å²) in [5, 5.41) is 0. The molecule has 1 aromatic rings. The van der Waals surface area contributed by atoms with Gasteiger partial charge in [-0.15, -0.1) is 0 Å². The summed E-state index contributed by atoms with van der Waals surface area (Å²) in [7, 11) is -0.576. The summed E-state index contributed by atoms with van der Waals surface area (Å²) >= 11 is 0. The van der Waals surface area contributed by atoms with E-state index in [1.807, 2.05) is 48.5 Å². The number of anilines is 1. The largest absolute Gasteiger partial charge is 0.495 e. The van der Waals surface area contributed by atoms with Crippen molar-refractivity contribution in [3.8, 4) is 0 Å². The Bertz CT molecular complexity index is 473. The van der Waals surface area contributed by atoms with Crippen molar-refractivity contribution >= 4 is 18.3 Å². The van der Waals surface area contributed by atoms with Crippen LogP contribution in [0.5, 0.6) is 0 Å². The van der Waals surface area contributed by atoms with Crippen LogP contribution in [0.4, 0.5) is 10.1 Å². The molecule has 1 saturated heterocycles. The van der Waals surface area contributed by atoms with Crippen LogP contribution >= 0.6 is 0 Å². The lowest BCUT2D eigenvalue weighted by molar-refractivity contribution is 0.00578. The van der Waals surface area contributed by atoms with Gasteiger partial charge in [0, 0.05) is 5.69 Å². The van der Waals surface area contributed by atoms with Crippen molar-refractivity contribution in [1.82, 2.24) is 0 Å². The van der Waals surface area contributed by atoms with Crippen molar-refractivity contribution in [2.75, 3.05) is 5.73 Å². The zero-order valence-corrected chi connectivity index (χ0v) is 13.5. The van der Waals surface area contributed by atoms with Crippen LogP contribution < -0.4 is 11.2 Å². The number of rotatable bonds is 1. The molecule has 2 rings (SSSR count). The predicted molar refractivity (Wildman–Crippen MR) is 82.6 cm³/mol. The average molecular weight is 281 g/mol. The Morgan fingerprint density at radius 2 is 1.50 bits per heavy atom. The van der Waals surface area contributed by atoms with Gasteiger partial charge in [0.05, 0.1) is 11.2 Å². The fourth-order valence-corrected chi connectivity index (χ4v) is 1.94. The summed E-state index contributed by atoms with van der Waals surface area (Å²) in [6, 6.07) is 2.73. The molecule has 0 unspecified atom stereocenters. The van der Waals surface area contributed by atoms with Gasteiger partial charge in [-0.25, -0.2) is 4.39 Å². The standard InChI is InChI=1S/C13H19BFNO2.C2H6/c1-8-10(6-9(15)7-11(8)16)14-17-12(2,3)13(4,5)18-14;1-2/h6-7H,16H2,1-5H3;1-2H3. The number of hydrogen-bond acceptors (Lipinski definition) is 3. The quantitative estimate of drug-likeness (QED) is 0.635. The fourth-order valence-electron chi connectivity index (χ4n) is 1.94. The number of nitrogen functional groups attached to an aromatic ring is 1. The summed E-state index contributed by atoms with van der Waals surface area (Å²) in [5.41, 5.74) is 6.77. The van der Waals surface area contributed by atoms with E-state index < -0.39 is 18.3 Å². The molecule has 20 heavy (non-hydrogen) atoms. The minimum absolute atomic E-state index is 0.372. The SMILES string of the molecule is CC.Cc1c(N)cc(F)cc1B1OC(C)(C)C(C)(C)O1. The van der Waals surface area contributed by atoms with Gasteiger partial charge in [0.15, 0.2) is 0 Å². The highest BCUT2D eigenvalue weighted by Crippen LogP contribution is 2.36. The van der Waals surface area contributed by atoms with Gasteiger partial charge in [-0.05, 0) is 57.8 Å². The first-order valence-electron chi connectivity index (χ1n) is 7.05. The topological polar surface area (TPSA) is 44.5 Å². The van der Waals surface area contributed by atoms with Crippen molar-refractivity contribution < 1.29 is 13.7 Å². The Hall–Kier alpha value is -1.07. The zero-order valence-electron chi connectivity index (χ0n) is 13.5. The normalized spacial score (nSPS) is 19.5. The van der Waals surface area contributed by atoms with Gasteiger partial charge >= 0.3 is 7.12 Å². The third-order valence-corrected chi connectivity index (χ3v) is 3.96. The van der Waals surface area contributed by atoms with Crippen LogP contribution in [0.1, 0.15) is 47.1 Å². The highest BCUT2D eigenvalue weighted by molar-refractivity contribution is 6.62. The molecule has 1 heterocycles. The summed E-state index contributed by atoms with van der Waals surface area (Å²) in [6.07, 6.45) is 0. The van der Waals surface area contributed by atoms with Crippen molar-refractivity contribution in [2.24, 2.45) is 0 Å². The van der Waals surface area contributed by atoms with E-state index in [0.29, 0.717) is 11.2 Å². The van der Waals surface area contributed by atoms with Crippen LogP contribution in [-0.4, -0.2) is 18.3 Å². The molecule has 112 valence electrons. The van der Waals surface area contributed by atoms with E-state index in [4.69, 9.17) is 15.0 Å². The molecule has 0 aromatic heterocycles. The first-order valence-corrected chi connectivity index (χ1v) is 7.05. The third-order valence-electron chi connectivity index (χ3n) is 3.96. The van der Waals surface area contributed by atoms with Gasteiger partial charge in [-0.1, -0.05) is 13.8 Å². The highest BCUT2D eigenvalue weighted by atomic mass is 19.1. The summed E-state index contributed by atoms with van der Waals surface area (Å²) in [5.74, 6) is -0.372. The van der Waals surface area contributed by atoms with E-state index in [1.165, 1.54) is 12.1 Å². The van der Waals surface area contributed by atoms with Crippen LogP contribution in [-0.2, 0) is 9.31 Å². The lowest BCUT2D eigenvalue weighted by Crippen LogP contribution is -2.41. The van der Waals surface area contributed by atoms with Crippen LogP contribution in [0, 0.1) is 12.7 Å². The number of halogens is 1. The molecular formula is C15H25BFNO2. The van der Waals surface area contributed by atoms with Gasteiger partial charge in [-0.2, -0.15) is 0 Å². The molecule has 1 fully saturated rings. The molecule has 0 radical (unpaired) electrons. The lowest BCUT2D eigenvalue weighted by Gasteiger charge is -2.32. The van der Waals surface area contributed by atoms with Crippen molar-refractivity contribution in [3.63, 3.8) is 0 Å². The molecule has 0 aliphatic carbocycles. The predicted octanol–water partition coefficient (Wildman–Crippen LogP) is 3.04. The van der Waals surface area contributed by atoms with E-state index in [2.05, 4.69) is 0 Å². The number of hydrogen-bond donors (Lipinski definition) is 1. The van der Waals surface area contributed by atoms with E-state index in [-0.39, 0.29) is 5.82 Å². The Labute approximate surface area is 121 Å². The second-order valence-corrected chi connectivity index (χ2v) is 5.80. The summed E-state index contributed by atoms with van der Waals surface area (Å²) in [6.45, 7) is 13.7. The molecule has 3 nitrogen and oxygen atoms in total. The van der Waals surface area contributed by atoms with Gasteiger partial charge in [0.1, 0.15) is 5.82 Å². The molecule has 5 heteroatoms. The summed E-state index contributed by atoms with van der Waals surface area (Å²) in [4.78, 5) is 0. The van der Waals surface area contributed by atoms with E-state index in [9.17, 15) is 4.39 Å². The van der Waals surface area contributed by atoms with Gasteiger partial charge in [-0.3, -0.25) is 0 Å². The molecule has 1 aromatic carbocycles. The Morgan fingerprint density at radius 1 is 1.05 bits per heavy atom. The monoisotopic (exact) mass is 281 g/mol. The summed E-state index contributed by atoms with van der Waals surface area (Å²) < 4.78 is 25.2. The smallest absolute Gasteiger partial charge is 0.399 e. The molecule has 1 aliphatic rings. The lowest BCUT2D eigenvalue weighted by atomic mass is 9.76. The molecule has 0 bridgehead atoms. The van der Waals surface area contributed by atoms with Crippen LogP contribution in [0.15, 0.2) is 12.1 Å². The third kappa shape index (κ3) is 2.99. The molecule has 0 atom stereocenters. The van der Waals surface area contributed by atoms with Gasteiger partial charge < -0.3 is 15.0 Å². The van der Waals surface area contributed by atoms with Gasteiger partial charge in [0.2, 0.25) is 0 Å². The van der Waals surface area contributed by atoms with Crippen molar-refractivity contribution in [1.29, 1.82) is 0 Å². The van der Waals surface area contributed by atoms with Crippen LogP contribution in [0.3, 0.4) is 0 Å². The molecule has 0 amide bonds. The molecule has 2 N–H and O–H groups in total. The second-order valence-electron chi connectivity index (χ2n) is 5.80. The Balaban J connectivity index is 0.000000956. The van der Waals surface area contributed by atoms with E-state index in [1.54, 1.807) is 0 Å². The molecule has 0 saturated carbocycles. The maximum absolute atomic E-state index is 13.5. The first-order chi connectivity index (χ1) is 9.14. The molecular weight excluding hydrogens is 256 g/mol. The van der Waals surface area contributed by atoms with Gasteiger partial charge in [0.25, 0.3) is 0 Å². The van der Waals surface area contributed by atoms with E-state index in [0.717, 1.165) is 5.56 Å². The van der Waals surface area contributed by atoms with E-state index >= 15 is 0 Å². The van der Waals surface area contributed by atoms with Crippen LogP contribution in [0.25, 0.3) is 0 Å².